The maximum absolute atomic E-state index is 11.5. The van der Waals surface area contributed by atoms with E-state index in [4.69, 9.17) is 5.73 Å². The Morgan fingerprint density at radius 1 is 1.50 bits per heavy atom. The lowest BCUT2D eigenvalue weighted by Gasteiger charge is -2.30. The van der Waals surface area contributed by atoms with Crippen LogP contribution in [0, 0.1) is 5.92 Å². The first-order valence-electron chi connectivity index (χ1n) is 7.34. The van der Waals surface area contributed by atoms with Crippen molar-refractivity contribution in [2.24, 2.45) is 11.7 Å². The summed E-state index contributed by atoms with van der Waals surface area (Å²) in [5, 5.41) is 3.22. The molecule has 2 bridgehead atoms. The van der Waals surface area contributed by atoms with E-state index in [-0.39, 0.29) is 5.91 Å². The van der Waals surface area contributed by atoms with Gasteiger partial charge in [0.15, 0.2) is 0 Å². The smallest absolute Gasteiger partial charge is 0.237 e. The van der Waals surface area contributed by atoms with Gasteiger partial charge in [-0.1, -0.05) is 6.92 Å². The predicted octanol–water partition coefficient (Wildman–Crippen LogP) is 1.10. The monoisotopic (exact) mass is 253 g/mol. The number of hydrogen-bond acceptors (Lipinski definition) is 3. The third-order valence-corrected chi connectivity index (χ3v) is 4.76. The van der Waals surface area contributed by atoms with Crippen LogP contribution in [0.4, 0.5) is 0 Å². The fourth-order valence-electron chi connectivity index (χ4n) is 3.63. The van der Waals surface area contributed by atoms with Crippen LogP contribution in [0.3, 0.4) is 0 Å². The van der Waals surface area contributed by atoms with E-state index in [0.29, 0.717) is 0 Å². The summed E-state index contributed by atoms with van der Waals surface area (Å²) < 4.78 is 0. The molecule has 1 aliphatic heterocycles. The molecule has 3 atom stereocenters. The lowest BCUT2D eigenvalue weighted by atomic mass is 9.94. The molecule has 0 aromatic heterocycles. The molecule has 2 fully saturated rings. The Kier molecular flexibility index (Phi) is 4.28. The van der Waals surface area contributed by atoms with E-state index >= 15 is 0 Å². The fourth-order valence-corrected chi connectivity index (χ4v) is 3.63. The van der Waals surface area contributed by atoms with Crippen LogP contribution in [0.25, 0.3) is 0 Å². The summed E-state index contributed by atoms with van der Waals surface area (Å²) in [6.07, 6.45) is 6.10. The number of carbonyl (C=O) groups excluding carboxylic acids is 1. The number of likely N-dealkylation sites (N-methyl/N-ethyl adjacent to an activating group) is 1. The zero-order valence-corrected chi connectivity index (χ0v) is 11.7. The van der Waals surface area contributed by atoms with Crippen molar-refractivity contribution in [1.29, 1.82) is 0 Å². The molecule has 0 aromatic rings. The van der Waals surface area contributed by atoms with Gasteiger partial charge in [0.2, 0.25) is 5.91 Å². The van der Waals surface area contributed by atoms with Crippen molar-refractivity contribution in [3.05, 3.63) is 0 Å². The highest BCUT2D eigenvalue weighted by Crippen LogP contribution is 2.37. The van der Waals surface area contributed by atoms with E-state index in [1.165, 1.54) is 25.8 Å². The molecule has 2 aliphatic rings. The van der Waals surface area contributed by atoms with Crippen LogP contribution in [0.2, 0.25) is 0 Å². The molecular formula is C14H27N3O. The topological polar surface area (TPSA) is 58.4 Å². The molecule has 1 saturated heterocycles. The summed E-state index contributed by atoms with van der Waals surface area (Å²) in [6.45, 7) is 7.12. The molecule has 3 unspecified atom stereocenters. The van der Waals surface area contributed by atoms with Crippen molar-refractivity contribution in [2.75, 3.05) is 19.6 Å². The number of nitrogens with zero attached hydrogens (tertiary/aromatic N) is 1. The molecule has 104 valence electrons. The van der Waals surface area contributed by atoms with Crippen LogP contribution < -0.4 is 11.1 Å². The average molecular weight is 253 g/mol. The molecule has 1 amide bonds. The number of piperidine rings is 1. The van der Waals surface area contributed by atoms with Crippen LogP contribution in [0.15, 0.2) is 0 Å². The summed E-state index contributed by atoms with van der Waals surface area (Å²) in [7, 11) is 0. The van der Waals surface area contributed by atoms with Crippen LogP contribution in [0.1, 0.15) is 46.0 Å². The molecular weight excluding hydrogens is 226 g/mol. The SMILES string of the molecule is CCNC(C)(CCCN1CC2CCC1C2)C(N)=O. The van der Waals surface area contributed by atoms with Gasteiger partial charge in [0, 0.05) is 12.6 Å². The molecule has 2 rings (SSSR count). The number of likely N-dealkylation sites (tertiary alicyclic amines) is 1. The molecule has 4 nitrogen and oxygen atoms in total. The van der Waals surface area contributed by atoms with Crippen LogP contribution >= 0.6 is 0 Å². The highest BCUT2D eigenvalue weighted by atomic mass is 16.1. The van der Waals surface area contributed by atoms with Gasteiger partial charge in [-0.25, -0.2) is 0 Å². The van der Waals surface area contributed by atoms with Gasteiger partial charge >= 0.3 is 0 Å². The summed E-state index contributed by atoms with van der Waals surface area (Å²) in [5.74, 6) is 0.721. The molecule has 0 spiro atoms. The minimum Gasteiger partial charge on any atom is -0.368 e. The van der Waals surface area contributed by atoms with Crippen LogP contribution in [0.5, 0.6) is 0 Å². The molecule has 1 heterocycles. The lowest BCUT2D eigenvalue weighted by Crippen LogP contribution is -2.53. The van der Waals surface area contributed by atoms with Crippen molar-refractivity contribution in [3.8, 4) is 0 Å². The summed E-state index contributed by atoms with van der Waals surface area (Å²) >= 11 is 0. The second kappa shape index (κ2) is 5.57. The van der Waals surface area contributed by atoms with Gasteiger partial charge in [0.1, 0.15) is 0 Å². The summed E-state index contributed by atoms with van der Waals surface area (Å²) in [6, 6.07) is 0.828. The minimum absolute atomic E-state index is 0.229. The fraction of sp³-hybridized carbons (Fsp3) is 0.929. The van der Waals surface area contributed by atoms with Crippen molar-refractivity contribution in [2.45, 2.75) is 57.5 Å². The molecule has 1 aliphatic carbocycles. The Bertz CT molecular complexity index is 307. The maximum Gasteiger partial charge on any atom is 0.237 e. The lowest BCUT2D eigenvalue weighted by molar-refractivity contribution is -0.124. The summed E-state index contributed by atoms with van der Waals surface area (Å²) in [4.78, 5) is 14.1. The number of nitrogens with one attached hydrogen (secondary N) is 1. The van der Waals surface area contributed by atoms with Crippen LogP contribution in [-0.4, -0.2) is 42.0 Å². The molecule has 4 heteroatoms. The number of fused-ring (bicyclic) bond motifs is 2. The van der Waals surface area contributed by atoms with Crippen LogP contribution in [-0.2, 0) is 4.79 Å². The van der Waals surface area contributed by atoms with E-state index in [1.54, 1.807) is 0 Å². The van der Waals surface area contributed by atoms with Gasteiger partial charge < -0.3 is 16.0 Å². The third-order valence-electron chi connectivity index (χ3n) is 4.76. The Morgan fingerprint density at radius 3 is 2.78 bits per heavy atom. The van der Waals surface area contributed by atoms with Gasteiger partial charge in [-0.05, 0) is 58.0 Å². The molecule has 0 radical (unpaired) electrons. The maximum atomic E-state index is 11.5. The second-order valence-corrected chi connectivity index (χ2v) is 6.16. The largest absolute Gasteiger partial charge is 0.368 e. The highest BCUT2D eigenvalue weighted by Gasteiger charge is 2.37. The predicted molar refractivity (Wildman–Crippen MR) is 73.2 cm³/mol. The van der Waals surface area contributed by atoms with E-state index in [0.717, 1.165) is 37.9 Å². The van der Waals surface area contributed by atoms with Gasteiger partial charge in [-0.2, -0.15) is 0 Å². The standard InChI is InChI=1S/C14H27N3O/c1-3-16-14(2,13(15)18)7-4-8-17-10-11-5-6-12(17)9-11/h11-12,16H,3-10H2,1-2H3,(H2,15,18). The van der Waals surface area contributed by atoms with Crippen molar-refractivity contribution in [1.82, 2.24) is 10.2 Å². The van der Waals surface area contributed by atoms with E-state index in [2.05, 4.69) is 10.2 Å². The number of hydrogen-bond donors (Lipinski definition) is 2. The number of nitrogens with two attached hydrogens (primary N) is 1. The van der Waals surface area contributed by atoms with Crippen molar-refractivity contribution >= 4 is 5.91 Å². The molecule has 18 heavy (non-hydrogen) atoms. The molecule has 3 N–H and O–H groups in total. The van der Waals surface area contributed by atoms with Gasteiger partial charge in [0.05, 0.1) is 5.54 Å². The average Bonchev–Trinajstić information content (AvgIpc) is 2.91. The van der Waals surface area contributed by atoms with E-state index < -0.39 is 5.54 Å². The third kappa shape index (κ3) is 2.86. The number of primary amides is 1. The quantitative estimate of drug-likeness (QED) is 0.714. The van der Waals surface area contributed by atoms with Gasteiger partial charge in [0.25, 0.3) is 0 Å². The zero-order valence-electron chi connectivity index (χ0n) is 11.7. The first kappa shape index (κ1) is 13.8. The Hall–Kier alpha value is -0.610. The molecule has 0 aromatic carbocycles. The number of carbonyl (C=O) groups is 1. The minimum atomic E-state index is -0.534. The molecule has 1 saturated carbocycles. The normalized spacial score (nSPS) is 30.6. The second-order valence-electron chi connectivity index (χ2n) is 6.16. The first-order chi connectivity index (χ1) is 8.55. The highest BCUT2D eigenvalue weighted by molar-refractivity contribution is 5.84. The number of amides is 1. The first-order valence-corrected chi connectivity index (χ1v) is 7.34. The van der Waals surface area contributed by atoms with Crippen molar-refractivity contribution in [3.63, 3.8) is 0 Å². The Balaban J connectivity index is 1.75. The van der Waals surface area contributed by atoms with Gasteiger partial charge in [-0.3, -0.25) is 4.79 Å². The van der Waals surface area contributed by atoms with E-state index in [1.807, 2.05) is 13.8 Å². The van der Waals surface area contributed by atoms with Crippen molar-refractivity contribution < 1.29 is 4.79 Å². The Morgan fingerprint density at radius 2 is 2.28 bits per heavy atom. The van der Waals surface area contributed by atoms with E-state index in [9.17, 15) is 4.79 Å². The van der Waals surface area contributed by atoms with Gasteiger partial charge in [-0.15, -0.1) is 0 Å². The summed E-state index contributed by atoms with van der Waals surface area (Å²) in [5.41, 5.74) is 4.96. The Labute approximate surface area is 110 Å². The number of rotatable bonds is 7. The zero-order chi connectivity index (χ0) is 13.2.